The van der Waals surface area contributed by atoms with Crippen molar-refractivity contribution in [2.45, 2.75) is 6.92 Å². The minimum atomic E-state index is 1.31. The van der Waals surface area contributed by atoms with E-state index in [9.17, 15) is 0 Å². The molecule has 1 aromatic heterocycles. The zero-order valence-electron chi connectivity index (χ0n) is 9.29. The first-order valence-electron chi connectivity index (χ1n) is 5.32. The molecule has 16 heavy (non-hydrogen) atoms. The quantitative estimate of drug-likeness (QED) is 0.546. The van der Waals surface area contributed by atoms with Crippen molar-refractivity contribution in [1.29, 1.82) is 0 Å². The van der Waals surface area contributed by atoms with Crippen molar-refractivity contribution in [3.63, 3.8) is 0 Å². The van der Waals surface area contributed by atoms with E-state index < -0.39 is 0 Å². The van der Waals surface area contributed by atoms with E-state index in [1.807, 2.05) is 0 Å². The van der Waals surface area contributed by atoms with Crippen molar-refractivity contribution in [3.8, 4) is 0 Å². The van der Waals surface area contributed by atoms with E-state index in [2.05, 4.69) is 77.5 Å². The third kappa shape index (κ3) is 1.22. The highest BCUT2D eigenvalue weighted by Crippen LogP contribution is 2.32. The van der Waals surface area contributed by atoms with Gasteiger partial charge in [0.15, 0.2) is 0 Å². The molecule has 1 heterocycles. The highest BCUT2D eigenvalue weighted by molar-refractivity contribution is 14.1. The highest BCUT2D eigenvalue weighted by atomic mass is 127. The van der Waals surface area contributed by atoms with Gasteiger partial charge >= 0.3 is 0 Å². The van der Waals surface area contributed by atoms with Gasteiger partial charge in [0.05, 0.1) is 11.0 Å². The molecule has 0 saturated heterocycles. The lowest BCUT2D eigenvalue weighted by Crippen LogP contribution is -1.90. The van der Waals surface area contributed by atoms with Gasteiger partial charge in [-0.05, 0) is 41.1 Å². The van der Waals surface area contributed by atoms with Crippen molar-refractivity contribution >= 4 is 44.4 Å². The average molecular weight is 321 g/mol. The van der Waals surface area contributed by atoms with Crippen LogP contribution >= 0.6 is 22.6 Å². The molecule has 0 N–H and O–H groups in total. The third-order valence-corrected chi connectivity index (χ3v) is 4.06. The number of fused-ring (bicyclic) bond motifs is 3. The molecule has 2 aromatic carbocycles. The predicted octanol–water partition coefficient (Wildman–Crippen LogP) is 4.24. The molecule has 80 valence electrons. The van der Waals surface area contributed by atoms with Gasteiger partial charge in [-0.15, -0.1) is 0 Å². The Morgan fingerprint density at radius 2 is 1.56 bits per heavy atom. The lowest BCUT2D eigenvalue weighted by Gasteiger charge is -2.01. The second-order valence-electron chi connectivity index (χ2n) is 4.17. The van der Waals surface area contributed by atoms with Crippen LogP contribution in [-0.4, -0.2) is 4.57 Å². The van der Waals surface area contributed by atoms with Crippen LogP contribution in [0.25, 0.3) is 21.8 Å². The van der Waals surface area contributed by atoms with E-state index in [0.717, 1.165) is 0 Å². The van der Waals surface area contributed by atoms with E-state index in [-0.39, 0.29) is 0 Å². The number of hydrogen-bond acceptors (Lipinski definition) is 0. The van der Waals surface area contributed by atoms with Gasteiger partial charge in [-0.3, -0.25) is 0 Å². The Labute approximate surface area is 108 Å². The van der Waals surface area contributed by atoms with Gasteiger partial charge < -0.3 is 4.57 Å². The maximum Gasteiger partial charge on any atom is 0.0624 e. The fraction of sp³-hybridized carbons (Fsp3) is 0.143. The summed E-state index contributed by atoms with van der Waals surface area (Å²) in [7, 11) is 2.15. The molecule has 0 aliphatic rings. The minimum absolute atomic E-state index is 1.31. The molecule has 0 aliphatic heterocycles. The Morgan fingerprint density at radius 3 is 2.31 bits per heavy atom. The largest absolute Gasteiger partial charge is 0.343 e. The van der Waals surface area contributed by atoms with Gasteiger partial charge in [-0.1, -0.05) is 30.3 Å². The number of para-hydroxylation sites is 2. The Kier molecular flexibility index (Phi) is 2.21. The molecule has 0 saturated carbocycles. The smallest absolute Gasteiger partial charge is 0.0624 e. The zero-order chi connectivity index (χ0) is 11.3. The first-order chi connectivity index (χ1) is 7.70. The maximum atomic E-state index is 2.41. The van der Waals surface area contributed by atoms with Crippen LogP contribution in [0, 0.1) is 10.5 Å². The average Bonchev–Trinajstić information content (AvgIpc) is 2.56. The Hall–Kier alpha value is -1.03. The molecule has 3 aromatic rings. The SMILES string of the molecule is Cc1cccc2c3cccc(I)c3n(C)c12. The molecule has 0 aliphatic carbocycles. The number of halogens is 1. The van der Waals surface area contributed by atoms with E-state index in [1.165, 1.54) is 30.9 Å². The van der Waals surface area contributed by atoms with Gasteiger partial charge in [-0.25, -0.2) is 0 Å². The number of benzene rings is 2. The summed E-state index contributed by atoms with van der Waals surface area (Å²) in [6.07, 6.45) is 0. The Morgan fingerprint density at radius 1 is 0.938 bits per heavy atom. The Bertz CT molecular complexity index is 635. The predicted molar refractivity (Wildman–Crippen MR) is 77.9 cm³/mol. The lowest BCUT2D eigenvalue weighted by atomic mass is 10.1. The van der Waals surface area contributed by atoms with Crippen LogP contribution in [0.15, 0.2) is 36.4 Å². The third-order valence-electron chi connectivity index (χ3n) is 3.19. The van der Waals surface area contributed by atoms with Crippen LogP contribution < -0.4 is 0 Å². The van der Waals surface area contributed by atoms with Gasteiger partial charge in [0, 0.05) is 21.4 Å². The second-order valence-corrected chi connectivity index (χ2v) is 5.33. The molecule has 0 unspecified atom stereocenters. The van der Waals surface area contributed by atoms with E-state index >= 15 is 0 Å². The summed E-state index contributed by atoms with van der Waals surface area (Å²) in [5.41, 5.74) is 4.03. The van der Waals surface area contributed by atoms with Crippen molar-refractivity contribution in [2.24, 2.45) is 7.05 Å². The van der Waals surface area contributed by atoms with Crippen LogP contribution in [0.5, 0.6) is 0 Å². The molecule has 0 spiro atoms. The molecule has 0 radical (unpaired) electrons. The lowest BCUT2D eigenvalue weighted by molar-refractivity contribution is 1.01. The fourth-order valence-electron chi connectivity index (χ4n) is 2.51. The highest BCUT2D eigenvalue weighted by Gasteiger charge is 2.11. The molecule has 2 heteroatoms. The molecule has 3 rings (SSSR count). The monoisotopic (exact) mass is 321 g/mol. The first-order valence-corrected chi connectivity index (χ1v) is 6.40. The van der Waals surface area contributed by atoms with Crippen molar-refractivity contribution < 1.29 is 0 Å². The number of nitrogens with zero attached hydrogens (tertiary/aromatic N) is 1. The van der Waals surface area contributed by atoms with E-state index in [1.54, 1.807) is 0 Å². The summed E-state index contributed by atoms with van der Waals surface area (Å²) >= 11 is 2.41. The van der Waals surface area contributed by atoms with Crippen LogP contribution in [0.4, 0.5) is 0 Å². The van der Waals surface area contributed by atoms with Gasteiger partial charge in [0.1, 0.15) is 0 Å². The van der Waals surface area contributed by atoms with E-state index in [4.69, 9.17) is 0 Å². The summed E-state index contributed by atoms with van der Waals surface area (Å²) in [5, 5.41) is 2.71. The number of hydrogen-bond donors (Lipinski definition) is 0. The van der Waals surface area contributed by atoms with Crippen molar-refractivity contribution in [2.75, 3.05) is 0 Å². The normalized spacial score (nSPS) is 11.4. The summed E-state index contributed by atoms with van der Waals surface area (Å²) in [6.45, 7) is 2.17. The van der Waals surface area contributed by atoms with Crippen LogP contribution in [0.3, 0.4) is 0 Å². The van der Waals surface area contributed by atoms with Crippen LogP contribution in [0.2, 0.25) is 0 Å². The molecule has 0 fully saturated rings. The van der Waals surface area contributed by atoms with Gasteiger partial charge in [-0.2, -0.15) is 0 Å². The standard InChI is InChI=1S/C14H12IN/c1-9-5-3-6-10-11-7-4-8-12(15)14(11)16(2)13(9)10/h3-8H,1-2H3. The molecule has 1 nitrogen and oxygen atoms in total. The van der Waals surface area contributed by atoms with Gasteiger partial charge in [0.25, 0.3) is 0 Å². The fourth-order valence-corrected chi connectivity index (χ4v) is 3.37. The number of aryl methyl sites for hydroxylation is 2. The number of rotatable bonds is 0. The molecular weight excluding hydrogens is 309 g/mol. The molecule has 0 bridgehead atoms. The zero-order valence-corrected chi connectivity index (χ0v) is 11.4. The molecule has 0 amide bonds. The van der Waals surface area contributed by atoms with Crippen molar-refractivity contribution in [3.05, 3.63) is 45.5 Å². The summed E-state index contributed by atoms with van der Waals surface area (Å²) in [5.74, 6) is 0. The minimum Gasteiger partial charge on any atom is -0.343 e. The van der Waals surface area contributed by atoms with Crippen molar-refractivity contribution in [1.82, 2.24) is 4.57 Å². The first kappa shape index (κ1) is 10.1. The van der Waals surface area contributed by atoms with Crippen LogP contribution in [0.1, 0.15) is 5.56 Å². The molecule has 0 atom stereocenters. The maximum absolute atomic E-state index is 2.41. The molecular formula is C14H12IN. The number of aromatic nitrogens is 1. The van der Waals surface area contributed by atoms with E-state index in [0.29, 0.717) is 0 Å². The van der Waals surface area contributed by atoms with Gasteiger partial charge in [0.2, 0.25) is 0 Å². The summed E-state index contributed by atoms with van der Waals surface area (Å²) in [4.78, 5) is 0. The summed E-state index contributed by atoms with van der Waals surface area (Å²) < 4.78 is 3.62. The summed E-state index contributed by atoms with van der Waals surface area (Å²) in [6, 6.07) is 13.0. The Balaban J connectivity index is 2.70. The van der Waals surface area contributed by atoms with Crippen LogP contribution in [-0.2, 0) is 7.05 Å². The topological polar surface area (TPSA) is 4.93 Å². The second kappa shape index (κ2) is 3.48.